The van der Waals surface area contributed by atoms with Gasteiger partial charge in [-0.15, -0.1) is 11.8 Å². The average molecular weight is 313 g/mol. The molecule has 1 amide bonds. The lowest BCUT2D eigenvalue weighted by Crippen LogP contribution is -2.33. The second kappa shape index (κ2) is 6.99. The normalized spacial score (nSPS) is 19.1. The number of benzene rings is 2. The van der Waals surface area contributed by atoms with Gasteiger partial charge in [-0.3, -0.25) is 4.79 Å². The zero-order chi connectivity index (χ0) is 15.4. The molecule has 0 bridgehead atoms. The van der Waals surface area contributed by atoms with E-state index >= 15 is 0 Å². The van der Waals surface area contributed by atoms with Crippen LogP contribution < -0.4 is 0 Å². The Morgan fingerprint density at radius 1 is 1.09 bits per heavy atom. The molecule has 2 atom stereocenters. The summed E-state index contributed by atoms with van der Waals surface area (Å²) in [6, 6.07) is 19.8. The lowest BCUT2D eigenvalue weighted by atomic mass is 10.1. The summed E-state index contributed by atoms with van der Waals surface area (Å²) in [4.78, 5) is 15.7. The van der Waals surface area contributed by atoms with Gasteiger partial charge in [0.05, 0.1) is 6.10 Å². The molecule has 0 radical (unpaired) electrons. The molecule has 1 unspecified atom stereocenters. The van der Waals surface area contributed by atoms with Crippen molar-refractivity contribution in [2.24, 2.45) is 0 Å². The van der Waals surface area contributed by atoms with E-state index in [1.165, 1.54) is 0 Å². The minimum atomic E-state index is -0.387. The molecule has 0 saturated carbocycles. The van der Waals surface area contributed by atoms with E-state index in [1.54, 1.807) is 16.7 Å². The molecular formula is C18H19NO2S. The lowest BCUT2D eigenvalue weighted by Gasteiger charge is -2.23. The molecule has 2 aromatic rings. The van der Waals surface area contributed by atoms with Crippen LogP contribution in [-0.4, -0.2) is 35.1 Å². The molecule has 1 aliphatic rings. The largest absolute Gasteiger partial charge is 0.391 e. The van der Waals surface area contributed by atoms with Crippen LogP contribution in [-0.2, 0) is 4.79 Å². The monoisotopic (exact) mass is 313 g/mol. The van der Waals surface area contributed by atoms with Crippen LogP contribution >= 0.6 is 11.8 Å². The fraction of sp³-hybridized carbons (Fsp3) is 0.278. The van der Waals surface area contributed by atoms with E-state index in [0.29, 0.717) is 19.5 Å². The second-order valence-electron chi connectivity index (χ2n) is 5.45. The predicted molar refractivity (Wildman–Crippen MR) is 88.7 cm³/mol. The molecule has 1 saturated heterocycles. The number of hydrogen-bond acceptors (Lipinski definition) is 3. The van der Waals surface area contributed by atoms with Crippen molar-refractivity contribution in [1.29, 1.82) is 0 Å². The van der Waals surface area contributed by atoms with Crippen LogP contribution in [0.3, 0.4) is 0 Å². The third kappa shape index (κ3) is 3.51. The Hall–Kier alpha value is -1.78. The molecule has 3 nitrogen and oxygen atoms in total. The van der Waals surface area contributed by atoms with Crippen LogP contribution in [0.1, 0.15) is 17.2 Å². The van der Waals surface area contributed by atoms with Crippen molar-refractivity contribution >= 4 is 17.7 Å². The van der Waals surface area contributed by atoms with Crippen LogP contribution in [0.4, 0.5) is 0 Å². The van der Waals surface area contributed by atoms with Crippen LogP contribution in [0.25, 0.3) is 0 Å². The summed E-state index contributed by atoms with van der Waals surface area (Å²) in [5.74, 6) is 0.0802. The molecule has 3 rings (SSSR count). The van der Waals surface area contributed by atoms with Crippen molar-refractivity contribution in [3.05, 3.63) is 66.2 Å². The zero-order valence-corrected chi connectivity index (χ0v) is 13.1. The third-order valence-electron chi connectivity index (χ3n) is 3.80. The standard InChI is InChI=1S/C18H19NO2S/c20-15-11-12-19(13-15)18(21)17(14-7-3-1-4-8-14)22-16-9-5-2-6-10-16/h1-10,15,17,20H,11-13H2/t15-,17?/m0/s1. The number of aliphatic hydroxyl groups excluding tert-OH is 1. The summed E-state index contributed by atoms with van der Waals surface area (Å²) in [7, 11) is 0. The van der Waals surface area contributed by atoms with E-state index in [2.05, 4.69) is 0 Å². The average Bonchev–Trinajstić information content (AvgIpc) is 3.00. The summed E-state index contributed by atoms with van der Waals surface area (Å²) in [6.45, 7) is 1.08. The fourth-order valence-corrected chi connectivity index (χ4v) is 3.76. The number of nitrogens with zero attached hydrogens (tertiary/aromatic N) is 1. The molecule has 114 valence electrons. The summed E-state index contributed by atoms with van der Waals surface area (Å²) >= 11 is 1.57. The van der Waals surface area contributed by atoms with E-state index in [1.807, 2.05) is 60.7 Å². The third-order valence-corrected chi connectivity index (χ3v) is 5.05. The number of rotatable bonds is 4. The summed E-state index contributed by atoms with van der Waals surface area (Å²) in [6.07, 6.45) is 0.283. The maximum atomic E-state index is 12.9. The van der Waals surface area contributed by atoms with E-state index in [9.17, 15) is 9.90 Å². The molecule has 0 spiro atoms. The van der Waals surface area contributed by atoms with Gasteiger partial charge in [-0.2, -0.15) is 0 Å². The van der Waals surface area contributed by atoms with E-state index in [0.717, 1.165) is 10.5 Å². The molecule has 0 aliphatic carbocycles. The van der Waals surface area contributed by atoms with E-state index in [-0.39, 0.29) is 17.3 Å². The minimum Gasteiger partial charge on any atom is -0.391 e. The topological polar surface area (TPSA) is 40.5 Å². The van der Waals surface area contributed by atoms with Gasteiger partial charge in [0.1, 0.15) is 5.25 Å². The Bertz CT molecular complexity index is 617. The first-order chi connectivity index (χ1) is 10.7. The molecule has 22 heavy (non-hydrogen) atoms. The SMILES string of the molecule is O=C(C(Sc1ccccc1)c1ccccc1)N1CC[C@H](O)C1. The first-order valence-electron chi connectivity index (χ1n) is 7.47. The van der Waals surface area contributed by atoms with Crippen molar-refractivity contribution < 1.29 is 9.90 Å². The smallest absolute Gasteiger partial charge is 0.240 e. The van der Waals surface area contributed by atoms with Gasteiger partial charge >= 0.3 is 0 Å². The number of β-amino-alcohol motifs (C(OH)–C–C–N with tert-alkyl or cyclic N) is 1. The Labute approximate surface area is 135 Å². The molecule has 2 aromatic carbocycles. The number of thioether (sulfide) groups is 1. The summed E-state index contributed by atoms with van der Waals surface area (Å²) in [5.41, 5.74) is 1.00. The van der Waals surface area contributed by atoms with Crippen LogP contribution in [0.5, 0.6) is 0 Å². The highest BCUT2D eigenvalue weighted by Gasteiger charge is 2.31. The maximum Gasteiger partial charge on any atom is 0.240 e. The first-order valence-corrected chi connectivity index (χ1v) is 8.35. The lowest BCUT2D eigenvalue weighted by molar-refractivity contribution is -0.130. The molecule has 1 aliphatic heterocycles. The number of carbonyl (C=O) groups excluding carboxylic acids is 1. The number of aliphatic hydroxyl groups is 1. The van der Waals surface area contributed by atoms with Gasteiger partial charge < -0.3 is 10.0 Å². The van der Waals surface area contributed by atoms with Gasteiger partial charge in [0, 0.05) is 18.0 Å². The maximum absolute atomic E-state index is 12.9. The molecular weight excluding hydrogens is 294 g/mol. The molecule has 4 heteroatoms. The highest BCUT2D eigenvalue weighted by Crippen LogP contribution is 2.37. The highest BCUT2D eigenvalue weighted by atomic mass is 32.2. The van der Waals surface area contributed by atoms with E-state index < -0.39 is 0 Å². The molecule has 1 fully saturated rings. The van der Waals surface area contributed by atoms with Crippen molar-refractivity contribution in [3.8, 4) is 0 Å². The molecule has 1 heterocycles. The fourth-order valence-electron chi connectivity index (χ4n) is 2.63. The van der Waals surface area contributed by atoms with Crippen molar-refractivity contribution in [2.75, 3.05) is 13.1 Å². The van der Waals surface area contributed by atoms with Gasteiger partial charge in [-0.05, 0) is 24.1 Å². The Morgan fingerprint density at radius 3 is 2.32 bits per heavy atom. The number of hydrogen-bond donors (Lipinski definition) is 1. The van der Waals surface area contributed by atoms with Gasteiger partial charge in [0.25, 0.3) is 0 Å². The van der Waals surface area contributed by atoms with Gasteiger partial charge in [0.15, 0.2) is 0 Å². The predicted octanol–water partition coefficient (Wildman–Crippen LogP) is 3.11. The summed E-state index contributed by atoms with van der Waals surface area (Å²) < 4.78 is 0. The van der Waals surface area contributed by atoms with Crippen molar-refractivity contribution in [3.63, 3.8) is 0 Å². The Morgan fingerprint density at radius 2 is 1.73 bits per heavy atom. The highest BCUT2D eigenvalue weighted by molar-refractivity contribution is 8.00. The molecule has 1 N–H and O–H groups in total. The number of likely N-dealkylation sites (tertiary alicyclic amines) is 1. The van der Waals surface area contributed by atoms with Gasteiger partial charge in [-0.25, -0.2) is 0 Å². The minimum absolute atomic E-state index is 0.0802. The van der Waals surface area contributed by atoms with Gasteiger partial charge in [0.2, 0.25) is 5.91 Å². The zero-order valence-electron chi connectivity index (χ0n) is 12.3. The second-order valence-corrected chi connectivity index (χ2v) is 6.63. The van der Waals surface area contributed by atoms with Crippen molar-refractivity contribution in [2.45, 2.75) is 22.7 Å². The van der Waals surface area contributed by atoms with E-state index in [4.69, 9.17) is 0 Å². The van der Waals surface area contributed by atoms with Gasteiger partial charge in [-0.1, -0.05) is 48.5 Å². The first kappa shape index (κ1) is 15.1. The summed E-state index contributed by atoms with van der Waals surface area (Å²) in [5, 5.41) is 9.42. The van der Waals surface area contributed by atoms with Crippen LogP contribution in [0.2, 0.25) is 0 Å². The Balaban J connectivity index is 1.84. The number of carbonyl (C=O) groups is 1. The quantitative estimate of drug-likeness (QED) is 0.882. The van der Waals surface area contributed by atoms with Crippen LogP contribution in [0.15, 0.2) is 65.6 Å². The Kier molecular flexibility index (Phi) is 4.80. The number of amides is 1. The van der Waals surface area contributed by atoms with Crippen molar-refractivity contribution in [1.82, 2.24) is 4.90 Å². The molecule has 0 aromatic heterocycles. The van der Waals surface area contributed by atoms with Crippen LogP contribution in [0, 0.1) is 0 Å².